The van der Waals surface area contributed by atoms with E-state index in [1.54, 1.807) is 12.1 Å². The summed E-state index contributed by atoms with van der Waals surface area (Å²) in [6, 6.07) is 32.3. The summed E-state index contributed by atoms with van der Waals surface area (Å²) in [5.41, 5.74) is 13.4. The van der Waals surface area contributed by atoms with Crippen LogP contribution in [0.3, 0.4) is 0 Å². The second-order valence-corrected chi connectivity index (χ2v) is 23.8. The fraction of sp³-hybridized carbons (Fsp3) is 0.406. The first-order valence-corrected chi connectivity index (χ1v) is 25.5. The zero-order chi connectivity index (χ0) is 52.5. The van der Waals surface area contributed by atoms with Crippen molar-refractivity contribution in [1.82, 2.24) is 0 Å². The Morgan fingerprint density at radius 1 is 0.403 bits per heavy atom. The van der Waals surface area contributed by atoms with Crippen LogP contribution in [0.4, 0.5) is 0 Å². The van der Waals surface area contributed by atoms with Crippen LogP contribution in [0.15, 0.2) is 97.1 Å². The molecule has 0 saturated carbocycles. The van der Waals surface area contributed by atoms with Crippen molar-refractivity contribution in [2.75, 3.05) is 13.2 Å². The first-order valence-electron chi connectivity index (χ1n) is 25.5. The molecule has 0 aliphatic heterocycles. The lowest BCUT2D eigenvalue weighted by atomic mass is 9.77. The first kappa shape index (κ1) is 53.3. The second-order valence-electron chi connectivity index (χ2n) is 23.8. The fourth-order valence-corrected chi connectivity index (χ4v) is 9.62. The van der Waals surface area contributed by atoms with Crippen molar-refractivity contribution in [2.45, 2.75) is 157 Å². The Bertz CT molecular complexity index is 2680. The smallest absolute Gasteiger partial charge is 0.308 e. The van der Waals surface area contributed by atoms with Gasteiger partial charge in [-0.1, -0.05) is 156 Å². The maximum absolute atomic E-state index is 12.8. The molecule has 6 aromatic rings. The van der Waals surface area contributed by atoms with E-state index in [4.69, 9.17) is 18.9 Å². The summed E-state index contributed by atoms with van der Waals surface area (Å²) in [5, 5.41) is 25.6. The molecule has 0 radical (unpaired) electrons. The number of carbonyl (C=O) groups is 2. The van der Waals surface area contributed by atoms with E-state index in [2.05, 4.69) is 132 Å². The molecule has 1 aliphatic carbocycles. The normalized spacial score (nSPS) is 13.1. The number of rotatable bonds is 10. The summed E-state index contributed by atoms with van der Waals surface area (Å²) in [6.07, 6.45) is 2.84. The molecular weight excluding hydrogens is 897 g/mol. The number of fused-ring (bicyclic) bond motifs is 8. The Kier molecular flexibility index (Phi) is 15.5. The van der Waals surface area contributed by atoms with Crippen molar-refractivity contribution in [3.05, 3.63) is 175 Å². The van der Waals surface area contributed by atoms with Crippen molar-refractivity contribution >= 4 is 11.9 Å². The second kappa shape index (κ2) is 20.9. The van der Waals surface area contributed by atoms with E-state index < -0.39 is 11.9 Å². The molecule has 0 spiro atoms. The molecule has 7 rings (SSSR count). The highest BCUT2D eigenvalue weighted by molar-refractivity contribution is 5.71. The topological polar surface area (TPSA) is 112 Å². The molecule has 8 bridgehead atoms. The average Bonchev–Trinajstić information content (AvgIpc) is 3.26. The van der Waals surface area contributed by atoms with Gasteiger partial charge in [-0.25, -0.2) is 0 Å². The highest BCUT2D eigenvalue weighted by Crippen LogP contribution is 2.42. The Labute approximate surface area is 428 Å². The Morgan fingerprint density at radius 2 is 0.639 bits per heavy atom. The molecule has 0 aromatic heterocycles. The van der Waals surface area contributed by atoms with Crippen LogP contribution >= 0.6 is 0 Å². The summed E-state index contributed by atoms with van der Waals surface area (Å²) in [6.45, 7) is 30.0. The number of hydrogen-bond donors (Lipinski definition) is 2. The summed E-state index contributed by atoms with van der Waals surface area (Å²) >= 11 is 0. The molecule has 6 aromatic carbocycles. The summed E-state index contributed by atoms with van der Waals surface area (Å²) in [7, 11) is 0. The van der Waals surface area contributed by atoms with Gasteiger partial charge in [0.25, 0.3) is 0 Å². The van der Waals surface area contributed by atoms with Gasteiger partial charge in [-0.05, 0) is 124 Å². The number of para-hydroxylation sites is 4. The van der Waals surface area contributed by atoms with E-state index in [-0.39, 0.29) is 46.4 Å². The highest BCUT2D eigenvalue weighted by Gasteiger charge is 2.28. The standard InChI is InChI=1S/C64H76O8/c1-39(65)71-57-21-17-15-19-55(57)69-25-23-53-41-27-45-35-51(63(9,10)11)37-47(59(45)67)29-43-33-50(62(6,7)8)34-44(54(43)24-26-70-56-20-16-18-22-58(56)72-40(2)66)30-48-38-52(64(12,13)14)36-46(60(48)68)28-42(53)32-49(31-41)61(3,4)5/h15-22,31-38,67-68H,23-30H2,1-14H3. The van der Waals surface area contributed by atoms with Gasteiger partial charge in [-0.3, -0.25) is 9.59 Å². The van der Waals surface area contributed by atoms with Gasteiger partial charge < -0.3 is 29.2 Å². The molecule has 8 heteroatoms. The van der Waals surface area contributed by atoms with Crippen LogP contribution in [-0.4, -0.2) is 35.4 Å². The van der Waals surface area contributed by atoms with Gasteiger partial charge in [0.1, 0.15) is 11.5 Å². The van der Waals surface area contributed by atoms with Gasteiger partial charge in [-0.15, -0.1) is 0 Å². The van der Waals surface area contributed by atoms with Gasteiger partial charge in [0, 0.05) is 52.4 Å². The zero-order valence-corrected chi connectivity index (χ0v) is 45.2. The van der Waals surface area contributed by atoms with E-state index >= 15 is 0 Å². The third kappa shape index (κ3) is 12.7. The Morgan fingerprint density at radius 3 is 0.875 bits per heavy atom. The third-order valence-electron chi connectivity index (χ3n) is 13.8. The Hall–Kier alpha value is -6.54. The van der Waals surface area contributed by atoms with Crippen LogP contribution in [-0.2, 0) is 69.8 Å². The van der Waals surface area contributed by atoms with Crippen LogP contribution < -0.4 is 18.9 Å². The van der Waals surface area contributed by atoms with Gasteiger partial charge in [-0.2, -0.15) is 0 Å². The molecule has 1 aliphatic rings. The molecule has 0 amide bonds. The maximum atomic E-state index is 12.8. The Balaban J connectivity index is 1.48. The zero-order valence-electron chi connectivity index (χ0n) is 45.2. The highest BCUT2D eigenvalue weighted by atomic mass is 16.6. The lowest BCUT2D eigenvalue weighted by Crippen LogP contribution is -2.18. The van der Waals surface area contributed by atoms with E-state index in [1.165, 1.54) is 13.8 Å². The minimum atomic E-state index is -0.423. The van der Waals surface area contributed by atoms with Crippen molar-refractivity contribution in [1.29, 1.82) is 0 Å². The number of carbonyl (C=O) groups excluding carboxylic acids is 2. The molecular formula is C64H76O8. The number of phenolic OH excluding ortho intramolecular Hbond substituents is 2. The number of benzene rings is 6. The largest absolute Gasteiger partial charge is 0.507 e. The quantitative estimate of drug-likeness (QED) is 0.103. The van der Waals surface area contributed by atoms with Crippen LogP contribution in [0.2, 0.25) is 0 Å². The molecule has 0 atom stereocenters. The molecule has 0 heterocycles. The molecule has 0 saturated heterocycles. The predicted octanol–water partition coefficient (Wildman–Crippen LogP) is 14.1. The number of ether oxygens (including phenoxy) is 4. The number of esters is 2. The van der Waals surface area contributed by atoms with Gasteiger partial charge in [0.15, 0.2) is 23.0 Å². The third-order valence-corrected chi connectivity index (χ3v) is 13.8. The van der Waals surface area contributed by atoms with E-state index in [0.717, 1.165) is 77.9 Å². The van der Waals surface area contributed by atoms with Crippen molar-refractivity contribution in [3.8, 4) is 34.5 Å². The molecule has 0 fully saturated rings. The van der Waals surface area contributed by atoms with Gasteiger partial charge in [0.2, 0.25) is 0 Å². The molecule has 72 heavy (non-hydrogen) atoms. The summed E-state index contributed by atoms with van der Waals surface area (Å²) in [4.78, 5) is 24.1. The molecule has 380 valence electrons. The van der Waals surface area contributed by atoms with Gasteiger partial charge in [0.05, 0.1) is 13.2 Å². The van der Waals surface area contributed by atoms with E-state index in [0.29, 0.717) is 61.5 Å². The number of aromatic hydroxyl groups is 2. The number of phenols is 2. The van der Waals surface area contributed by atoms with E-state index in [1.807, 2.05) is 36.4 Å². The predicted molar refractivity (Wildman–Crippen MR) is 289 cm³/mol. The molecule has 8 nitrogen and oxygen atoms in total. The molecule has 0 unspecified atom stereocenters. The van der Waals surface area contributed by atoms with Crippen molar-refractivity contribution < 1.29 is 38.7 Å². The monoisotopic (exact) mass is 973 g/mol. The van der Waals surface area contributed by atoms with Crippen LogP contribution in [0.5, 0.6) is 34.5 Å². The molecule has 2 N–H and O–H groups in total. The minimum absolute atomic E-state index is 0.223. The lowest BCUT2D eigenvalue weighted by molar-refractivity contribution is -0.132. The average molecular weight is 973 g/mol. The SMILES string of the molecule is CC(=O)Oc1ccccc1OCCc1c2cc(C(C)(C)C)cc1Cc1cc(C(C)(C)C)cc(c1O)Cc1cc(C(C)(C)C)cc(c1CCOc1ccccc1OC(C)=O)Cc1cc(C(C)(C)C)cc(c1O)C2. The first-order chi connectivity index (χ1) is 33.6. The van der Waals surface area contributed by atoms with Gasteiger partial charge >= 0.3 is 11.9 Å². The van der Waals surface area contributed by atoms with Crippen LogP contribution in [0, 0.1) is 0 Å². The fourth-order valence-electron chi connectivity index (χ4n) is 9.62. The summed E-state index contributed by atoms with van der Waals surface area (Å²) < 4.78 is 24.0. The van der Waals surface area contributed by atoms with Crippen LogP contribution in [0.25, 0.3) is 0 Å². The van der Waals surface area contributed by atoms with Crippen LogP contribution in [0.1, 0.15) is 175 Å². The van der Waals surface area contributed by atoms with E-state index in [9.17, 15) is 19.8 Å². The van der Waals surface area contributed by atoms with Crippen molar-refractivity contribution in [3.63, 3.8) is 0 Å². The minimum Gasteiger partial charge on any atom is -0.507 e. The maximum Gasteiger partial charge on any atom is 0.308 e. The summed E-state index contributed by atoms with van der Waals surface area (Å²) in [5.74, 6) is 1.38. The lowest BCUT2D eigenvalue weighted by Gasteiger charge is -2.28. The number of hydrogen-bond acceptors (Lipinski definition) is 8. The van der Waals surface area contributed by atoms with Crippen molar-refractivity contribution in [2.24, 2.45) is 0 Å².